The van der Waals surface area contributed by atoms with Crippen molar-refractivity contribution in [3.8, 4) is 5.75 Å². The van der Waals surface area contributed by atoms with Crippen molar-refractivity contribution in [3.63, 3.8) is 0 Å². The minimum atomic E-state index is 0.484. The van der Waals surface area contributed by atoms with Crippen LogP contribution in [-0.2, 0) is 25.9 Å². The molecule has 0 saturated carbocycles. The molecular weight excluding hydrogens is 320 g/mol. The Morgan fingerprint density at radius 2 is 1.73 bits per heavy atom. The molecule has 1 heterocycles. The number of phenolic OH excluding ortho intramolecular Hbond substituents is 1. The smallest absolute Gasteiger partial charge is 0.119 e. The van der Waals surface area contributed by atoms with Gasteiger partial charge in [0.25, 0.3) is 0 Å². The summed E-state index contributed by atoms with van der Waals surface area (Å²) in [5.74, 6) is 0.484. The number of benzene rings is 2. The molecule has 1 unspecified atom stereocenters. The van der Waals surface area contributed by atoms with E-state index in [1.54, 1.807) is 0 Å². The summed E-state index contributed by atoms with van der Waals surface area (Å²) in [7, 11) is 0. The van der Waals surface area contributed by atoms with Crippen molar-refractivity contribution < 1.29 is 5.11 Å². The first-order valence-electron chi connectivity index (χ1n) is 10.1. The van der Waals surface area contributed by atoms with Crippen molar-refractivity contribution in [1.29, 1.82) is 0 Å². The standard InChI is InChI=1S/C23H30N2O/c1-2-12-25(14-13-24-16-19-6-3-4-7-20(19)17-24)21-10-11-22-18(15-21)8-5-9-23(22)26/h3-9,21,26H,2,10-17H2,1H3. The lowest BCUT2D eigenvalue weighted by Crippen LogP contribution is -2.43. The highest BCUT2D eigenvalue weighted by Gasteiger charge is 2.26. The summed E-state index contributed by atoms with van der Waals surface area (Å²) in [6.45, 7) is 7.91. The minimum Gasteiger partial charge on any atom is -0.508 e. The first-order chi connectivity index (χ1) is 12.7. The molecule has 4 rings (SSSR count). The Kier molecular flexibility index (Phi) is 5.28. The van der Waals surface area contributed by atoms with E-state index in [2.05, 4.69) is 47.1 Å². The predicted octanol–water partition coefficient (Wildman–Crippen LogP) is 3.98. The lowest BCUT2D eigenvalue weighted by molar-refractivity contribution is 0.148. The van der Waals surface area contributed by atoms with Gasteiger partial charge in [0.2, 0.25) is 0 Å². The van der Waals surface area contributed by atoms with Gasteiger partial charge in [0.05, 0.1) is 0 Å². The third kappa shape index (κ3) is 3.65. The number of rotatable bonds is 6. The van der Waals surface area contributed by atoms with Crippen LogP contribution < -0.4 is 0 Å². The number of hydrogen-bond donors (Lipinski definition) is 1. The van der Waals surface area contributed by atoms with Gasteiger partial charge in [-0.25, -0.2) is 0 Å². The van der Waals surface area contributed by atoms with Gasteiger partial charge in [0, 0.05) is 32.2 Å². The second kappa shape index (κ2) is 7.81. The van der Waals surface area contributed by atoms with Gasteiger partial charge in [-0.1, -0.05) is 43.3 Å². The summed E-state index contributed by atoms with van der Waals surface area (Å²) in [6, 6.07) is 15.5. The largest absolute Gasteiger partial charge is 0.508 e. The molecule has 0 saturated heterocycles. The SMILES string of the molecule is CCCN(CCN1Cc2ccccc2C1)C1CCc2c(O)cccc2C1. The average molecular weight is 351 g/mol. The van der Waals surface area contributed by atoms with Crippen molar-refractivity contribution in [2.24, 2.45) is 0 Å². The highest BCUT2D eigenvalue weighted by Crippen LogP contribution is 2.31. The molecule has 3 heteroatoms. The van der Waals surface area contributed by atoms with Gasteiger partial charge in [-0.15, -0.1) is 0 Å². The van der Waals surface area contributed by atoms with Crippen LogP contribution in [0.2, 0.25) is 0 Å². The molecule has 0 bridgehead atoms. The summed E-state index contributed by atoms with van der Waals surface area (Å²) in [6.07, 6.45) is 4.43. The molecule has 0 aromatic heterocycles. The second-order valence-corrected chi connectivity index (χ2v) is 7.83. The molecule has 26 heavy (non-hydrogen) atoms. The number of fused-ring (bicyclic) bond motifs is 2. The van der Waals surface area contributed by atoms with Crippen LogP contribution in [0.25, 0.3) is 0 Å². The fourth-order valence-electron chi connectivity index (χ4n) is 4.68. The molecule has 1 aliphatic heterocycles. The maximum absolute atomic E-state index is 10.1. The molecule has 1 N–H and O–H groups in total. The molecule has 2 aliphatic rings. The summed E-state index contributed by atoms with van der Waals surface area (Å²) < 4.78 is 0. The van der Waals surface area contributed by atoms with Crippen molar-refractivity contribution >= 4 is 0 Å². The second-order valence-electron chi connectivity index (χ2n) is 7.83. The van der Waals surface area contributed by atoms with Crippen LogP contribution in [0.4, 0.5) is 0 Å². The Morgan fingerprint density at radius 1 is 1.00 bits per heavy atom. The molecule has 0 radical (unpaired) electrons. The Morgan fingerprint density at radius 3 is 2.46 bits per heavy atom. The van der Waals surface area contributed by atoms with Gasteiger partial charge in [-0.2, -0.15) is 0 Å². The Bertz CT molecular complexity index is 733. The van der Waals surface area contributed by atoms with Crippen LogP contribution in [0, 0.1) is 0 Å². The van der Waals surface area contributed by atoms with E-state index in [0.717, 1.165) is 45.4 Å². The van der Waals surface area contributed by atoms with E-state index in [4.69, 9.17) is 0 Å². The normalized spacial score (nSPS) is 19.5. The molecule has 2 aromatic carbocycles. The maximum Gasteiger partial charge on any atom is 0.119 e. The van der Waals surface area contributed by atoms with E-state index >= 15 is 0 Å². The molecule has 0 spiro atoms. The first kappa shape index (κ1) is 17.6. The number of nitrogens with zero attached hydrogens (tertiary/aromatic N) is 2. The number of phenols is 1. The zero-order valence-corrected chi connectivity index (χ0v) is 15.8. The fourth-order valence-corrected chi connectivity index (χ4v) is 4.68. The van der Waals surface area contributed by atoms with Gasteiger partial charge in [0.15, 0.2) is 0 Å². The highest BCUT2D eigenvalue weighted by molar-refractivity contribution is 5.41. The van der Waals surface area contributed by atoms with E-state index < -0.39 is 0 Å². The van der Waals surface area contributed by atoms with Crippen LogP contribution in [-0.4, -0.2) is 40.6 Å². The first-order valence-corrected chi connectivity index (χ1v) is 10.1. The summed E-state index contributed by atoms with van der Waals surface area (Å²) in [4.78, 5) is 5.27. The molecule has 0 fully saturated rings. The van der Waals surface area contributed by atoms with Crippen LogP contribution in [0.15, 0.2) is 42.5 Å². The van der Waals surface area contributed by atoms with Crippen LogP contribution in [0.5, 0.6) is 5.75 Å². The van der Waals surface area contributed by atoms with E-state index in [9.17, 15) is 5.11 Å². The number of hydrogen-bond acceptors (Lipinski definition) is 3. The quantitative estimate of drug-likeness (QED) is 0.854. The minimum absolute atomic E-state index is 0.484. The maximum atomic E-state index is 10.1. The molecule has 1 aliphatic carbocycles. The van der Waals surface area contributed by atoms with Crippen molar-refractivity contribution in [2.45, 2.75) is 51.7 Å². The zero-order chi connectivity index (χ0) is 17.9. The van der Waals surface area contributed by atoms with Crippen molar-refractivity contribution in [3.05, 3.63) is 64.7 Å². The monoisotopic (exact) mass is 350 g/mol. The number of aromatic hydroxyl groups is 1. The lowest BCUT2D eigenvalue weighted by Gasteiger charge is -2.36. The van der Waals surface area contributed by atoms with Crippen LogP contribution in [0.1, 0.15) is 42.0 Å². The fraction of sp³-hybridized carbons (Fsp3) is 0.478. The van der Waals surface area contributed by atoms with Crippen LogP contribution in [0.3, 0.4) is 0 Å². The molecule has 2 aromatic rings. The zero-order valence-electron chi connectivity index (χ0n) is 15.8. The lowest BCUT2D eigenvalue weighted by atomic mass is 9.87. The highest BCUT2D eigenvalue weighted by atomic mass is 16.3. The van der Waals surface area contributed by atoms with Gasteiger partial charge < -0.3 is 5.11 Å². The van der Waals surface area contributed by atoms with Crippen molar-refractivity contribution in [2.75, 3.05) is 19.6 Å². The predicted molar refractivity (Wildman–Crippen MR) is 106 cm³/mol. The molecule has 138 valence electrons. The summed E-state index contributed by atoms with van der Waals surface area (Å²) in [5, 5.41) is 10.1. The Hall–Kier alpha value is -1.84. The van der Waals surface area contributed by atoms with Gasteiger partial charge in [-0.3, -0.25) is 9.80 Å². The molecule has 3 nitrogen and oxygen atoms in total. The summed E-state index contributed by atoms with van der Waals surface area (Å²) in [5.41, 5.74) is 5.51. The summed E-state index contributed by atoms with van der Waals surface area (Å²) >= 11 is 0. The van der Waals surface area contributed by atoms with E-state index in [-0.39, 0.29) is 0 Å². The topological polar surface area (TPSA) is 26.7 Å². The van der Waals surface area contributed by atoms with E-state index in [0.29, 0.717) is 11.8 Å². The Balaban J connectivity index is 1.38. The van der Waals surface area contributed by atoms with E-state index in [1.807, 2.05) is 12.1 Å². The van der Waals surface area contributed by atoms with Gasteiger partial charge in [-0.05, 0) is 60.5 Å². The molecule has 1 atom stereocenters. The molecule has 0 amide bonds. The van der Waals surface area contributed by atoms with Gasteiger partial charge in [0.1, 0.15) is 5.75 Å². The van der Waals surface area contributed by atoms with Crippen molar-refractivity contribution in [1.82, 2.24) is 9.80 Å². The molecular formula is C23H30N2O. The third-order valence-corrected chi connectivity index (χ3v) is 6.07. The third-order valence-electron chi connectivity index (χ3n) is 6.07. The van der Waals surface area contributed by atoms with E-state index in [1.165, 1.54) is 35.2 Å². The average Bonchev–Trinajstić information content (AvgIpc) is 3.08. The Labute approximate surface area is 157 Å². The van der Waals surface area contributed by atoms with Crippen LogP contribution >= 0.6 is 0 Å². The van der Waals surface area contributed by atoms with Gasteiger partial charge >= 0.3 is 0 Å².